The van der Waals surface area contributed by atoms with E-state index < -0.39 is 22.8 Å². The van der Waals surface area contributed by atoms with Crippen molar-refractivity contribution in [2.24, 2.45) is 5.41 Å². The lowest BCUT2D eigenvalue weighted by atomic mass is 9.66. The van der Waals surface area contributed by atoms with Gasteiger partial charge in [-0.25, -0.2) is 14.2 Å². The molecule has 33 heavy (non-hydrogen) atoms. The Morgan fingerprint density at radius 1 is 1.12 bits per heavy atom. The first kappa shape index (κ1) is 23.8. The molecule has 0 saturated carbocycles. The molecular weight excluding hydrogens is 495 g/mol. The third kappa shape index (κ3) is 3.97. The third-order valence-electron chi connectivity index (χ3n) is 6.60. The van der Waals surface area contributed by atoms with Crippen LogP contribution in [-0.2, 0) is 25.7 Å². The van der Waals surface area contributed by atoms with E-state index in [1.54, 1.807) is 56.1 Å². The van der Waals surface area contributed by atoms with Crippen LogP contribution in [0.2, 0.25) is 0 Å². The first-order valence-electron chi connectivity index (χ1n) is 10.8. The minimum absolute atomic E-state index is 0.182. The molecule has 3 atom stereocenters. The number of carbonyl (C=O) groups is 2. The van der Waals surface area contributed by atoms with Gasteiger partial charge in [0.25, 0.3) is 5.91 Å². The Hall–Kier alpha value is -2.33. The second kappa shape index (κ2) is 8.79. The number of rotatable bonds is 6. The zero-order valence-corrected chi connectivity index (χ0v) is 20.3. The second-order valence-electron chi connectivity index (χ2n) is 8.69. The molecule has 3 unspecified atom stereocenters. The lowest BCUT2D eigenvalue weighted by Crippen LogP contribution is -2.72. The standard InChI is InChI=1S/C24H26BrFN2O5/c1-4-31-21(30)24(15-16-9-11-17(26)12-10-16)14-13-22(2)28(23(24,3)33-32-22)27-20(29)18-7-5-6-8-19(18)25/h5-12H,4,13-15H2,1-3H3,(H,27,29). The van der Waals surface area contributed by atoms with Crippen LogP contribution in [0.1, 0.15) is 49.5 Å². The number of hydrogen-bond donors (Lipinski definition) is 1. The van der Waals surface area contributed by atoms with Crippen LogP contribution in [0.15, 0.2) is 53.0 Å². The maximum Gasteiger partial charge on any atom is 0.316 e. The minimum atomic E-state index is -1.39. The fraction of sp³-hybridized carbons (Fsp3) is 0.417. The lowest BCUT2D eigenvalue weighted by molar-refractivity contribution is -0.350. The molecule has 0 aromatic heterocycles. The summed E-state index contributed by atoms with van der Waals surface area (Å²) in [6.07, 6.45) is 0.986. The Morgan fingerprint density at radius 2 is 1.82 bits per heavy atom. The van der Waals surface area contributed by atoms with Crippen molar-refractivity contribution < 1.29 is 28.5 Å². The van der Waals surface area contributed by atoms with Crippen LogP contribution in [-0.4, -0.2) is 34.9 Å². The van der Waals surface area contributed by atoms with E-state index in [0.717, 1.165) is 5.56 Å². The van der Waals surface area contributed by atoms with Crippen molar-refractivity contribution in [2.75, 3.05) is 6.61 Å². The summed E-state index contributed by atoms with van der Waals surface area (Å²) in [4.78, 5) is 38.2. The molecule has 2 heterocycles. The number of carbonyl (C=O) groups excluding carboxylic acids is 2. The molecule has 0 spiro atoms. The number of nitrogens with one attached hydrogen (secondary N) is 1. The molecule has 1 N–H and O–H groups in total. The highest BCUT2D eigenvalue weighted by Crippen LogP contribution is 2.57. The summed E-state index contributed by atoms with van der Waals surface area (Å²) < 4.78 is 19.6. The van der Waals surface area contributed by atoms with Gasteiger partial charge in [-0.3, -0.25) is 15.0 Å². The summed E-state index contributed by atoms with van der Waals surface area (Å²) in [7, 11) is 0. The van der Waals surface area contributed by atoms with Gasteiger partial charge in [0, 0.05) is 4.47 Å². The van der Waals surface area contributed by atoms with Crippen LogP contribution in [0, 0.1) is 11.2 Å². The highest BCUT2D eigenvalue weighted by molar-refractivity contribution is 9.10. The summed E-state index contributed by atoms with van der Waals surface area (Å²) in [6, 6.07) is 13.0. The Labute approximate surface area is 200 Å². The summed E-state index contributed by atoms with van der Waals surface area (Å²) in [5.74, 6) is -1.21. The van der Waals surface area contributed by atoms with E-state index >= 15 is 0 Å². The number of fused-ring (bicyclic) bond motifs is 2. The van der Waals surface area contributed by atoms with E-state index in [1.807, 2.05) is 6.07 Å². The summed E-state index contributed by atoms with van der Waals surface area (Å²) in [5, 5.41) is 1.58. The molecule has 0 aliphatic carbocycles. The monoisotopic (exact) mass is 520 g/mol. The SMILES string of the molecule is CCOC(=O)C1(Cc2ccc(F)cc2)CCC2(C)OOC1(C)N2NC(=O)c1ccccc1Br. The van der Waals surface area contributed by atoms with Crippen molar-refractivity contribution in [3.63, 3.8) is 0 Å². The highest BCUT2D eigenvalue weighted by Gasteiger charge is 2.71. The summed E-state index contributed by atoms with van der Waals surface area (Å²) >= 11 is 3.40. The molecule has 4 rings (SSSR count). The van der Waals surface area contributed by atoms with E-state index in [2.05, 4.69) is 21.4 Å². The molecule has 9 heteroatoms. The van der Waals surface area contributed by atoms with E-state index in [4.69, 9.17) is 14.5 Å². The van der Waals surface area contributed by atoms with Gasteiger partial charge in [-0.05, 0) is 85.8 Å². The maximum absolute atomic E-state index is 13.5. The predicted molar refractivity (Wildman–Crippen MR) is 121 cm³/mol. The van der Waals surface area contributed by atoms with Crippen LogP contribution in [0.3, 0.4) is 0 Å². The van der Waals surface area contributed by atoms with Crippen molar-refractivity contribution in [1.29, 1.82) is 0 Å². The Balaban J connectivity index is 1.75. The molecule has 7 nitrogen and oxygen atoms in total. The number of hydrazine groups is 1. The molecule has 2 aromatic rings. The molecule has 2 aromatic carbocycles. The molecule has 2 aliphatic rings. The largest absolute Gasteiger partial charge is 0.465 e. The summed E-state index contributed by atoms with van der Waals surface area (Å²) in [5.41, 5.74) is 0.465. The number of hydrogen-bond acceptors (Lipinski definition) is 6. The van der Waals surface area contributed by atoms with Gasteiger partial charge in [0.05, 0.1) is 12.2 Å². The Kier molecular flexibility index (Phi) is 6.34. The molecule has 0 radical (unpaired) electrons. The van der Waals surface area contributed by atoms with Gasteiger partial charge >= 0.3 is 5.97 Å². The quantitative estimate of drug-likeness (QED) is 0.445. The van der Waals surface area contributed by atoms with Gasteiger partial charge in [0.1, 0.15) is 11.2 Å². The van der Waals surface area contributed by atoms with E-state index in [9.17, 15) is 14.0 Å². The number of esters is 1. The molecule has 2 aliphatic heterocycles. The number of benzene rings is 2. The van der Waals surface area contributed by atoms with Crippen molar-refractivity contribution >= 4 is 27.8 Å². The number of ether oxygens (including phenoxy) is 1. The molecule has 2 saturated heterocycles. The molecule has 2 bridgehead atoms. The average Bonchev–Trinajstić information content (AvgIpc) is 2.97. The van der Waals surface area contributed by atoms with Crippen molar-refractivity contribution in [3.8, 4) is 0 Å². The highest BCUT2D eigenvalue weighted by atomic mass is 79.9. The number of halogens is 2. The first-order chi connectivity index (χ1) is 15.6. The van der Waals surface area contributed by atoms with Crippen LogP contribution < -0.4 is 5.43 Å². The van der Waals surface area contributed by atoms with Crippen LogP contribution in [0.25, 0.3) is 0 Å². The molecule has 1 amide bonds. The van der Waals surface area contributed by atoms with E-state index in [0.29, 0.717) is 22.9 Å². The molecule has 176 valence electrons. The van der Waals surface area contributed by atoms with Crippen LogP contribution in [0.4, 0.5) is 4.39 Å². The van der Waals surface area contributed by atoms with Crippen molar-refractivity contribution in [2.45, 2.75) is 51.5 Å². The fourth-order valence-electron chi connectivity index (χ4n) is 4.69. The van der Waals surface area contributed by atoms with Gasteiger partial charge in [-0.2, -0.15) is 5.01 Å². The zero-order valence-electron chi connectivity index (χ0n) is 18.7. The first-order valence-corrected chi connectivity index (χ1v) is 11.6. The number of nitrogens with zero attached hydrogens (tertiary/aromatic N) is 1. The van der Waals surface area contributed by atoms with E-state index in [-0.39, 0.29) is 24.8 Å². The van der Waals surface area contributed by atoms with Gasteiger partial charge < -0.3 is 4.74 Å². The van der Waals surface area contributed by atoms with Gasteiger partial charge in [-0.15, -0.1) is 0 Å². The minimum Gasteiger partial charge on any atom is -0.465 e. The summed E-state index contributed by atoms with van der Waals surface area (Å²) in [6.45, 7) is 5.42. The number of amides is 1. The van der Waals surface area contributed by atoms with Gasteiger partial charge in [-0.1, -0.05) is 24.3 Å². The molecular formula is C24H26BrFN2O5. The van der Waals surface area contributed by atoms with Crippen LogP contribution >= 0.6 is 15.9 Å². The Morgan fingerprint density at radius 3 is 2.48 bits per heavy atom. The normalized spacial score (nSPS) is 29.0. The van der Waals surface area contributed by atoms with E-state index in [1.165, 1.54) is 12.1 Å². The van der Waals surface area contributed by atoms with Gasteiger partial charge in [0.2, 0.25) is 0 Å². The average molecular weight is 521 g/mol. The van der Waals surface area contributed by atoms with Gasteiger partial charge in [0.15, 0.2) is 11.4 Å². The van der Waals surface area contributed by atoms with Crippen molar-refractivity contribution in [3.05, 3.63) is 69.9 Å². The number of piperidine rings is 1. The Bertz CT molecular complexity index is 1070. The van der Waals surface area contributed by atoms with Crippen molar-refractivity contribution in [1.82, 2.24) is 10.4 Å². The topological polar surface area (TPSA) is 77.1 Å². The smallest absolute Gasteiger partial charge is 0.316 e. The second-order valence-corrected chi connectivity index (χ2v) is 9.54. The predicted octanol–water partition coefficient (Wildman–Crippen LogP) is 4.52. The molecule has 2 fully saturated rings. The fourth-order valence-corrected chi connectivity index (χ4v) is 5.15. The maximum atomic E-state index is 13.5. The zero-order chi connectivity index (χ0) is 23.9. The third-order valence-corrected chi connectivity index (χ3v) is 7.30. The van der Waals surface area contributed by atoms with Crippen LogP contribution in [0.5, 0.6) is 0 Å². The lowest BCUT2D eigenvalue weighted by Gasteiger charge is -2.52.